The van der Waals surface area contributed by atoms with Crippen molar-refractivity contribution in [2.45, 2.75) is 0 Å². The molecule has 3 aromatic rings. The van der Waals surface area contributed by atoms with Gasteiger partial charge in [-0.25, -0.2) is 0 Å². The fourth-order valence-corrected chi connectivity index (χ4v) is 2.33. The normalized spacial score (nSPS) is 11.7. The van der Waals surface area contributed by atoms with E-state index in [9.17, 15) is 5.21 Å². The Balaban J connectivity index is 2.07. The van der Waals surface area contributed by atoms with Gasteiger partial charge in [-0.1, -0.05) is 48.0 Å². The van der Waals surface area contributed by atoms with Crippen molar-refractivity contribution in [2.24, 2.45) is 0 Å². The first kappa shape index (κ1) is 15.1. The molecule has 0 atom stereocenters. The van der Waals surface area contributed by atoms with Crippen molar-refractivity contribution in [3.8, 4) is 5.75 Å². The van der Waals surface area contributed by atoms with Crippen LogP contribution in [0, 0.1) is 5.21 Å². The van der Waals surface area contributed by atoms with Crippen LogP contribution in [0.4, 0.5) is 0 Å². The topological polar surface area (TPSA) is 35.3 Å². The summed E-state index contributed by atoms with van der Waals surface area (Å²) in [7, 11) is 0. The van der Waals surface area contributed by atoms with Gasteiger partial charge in [0.25, 0.3) is 5.71 Å². The molecule has 0 spiro atoms. The number of nitrogens with zero attached hydrogens (tertiary/aromatic N) is 1. The summed E-state index contributed by atoms with van der Waals surface area (Å²) in [6.45, 7) is 0. The number of benzene rings is 3. The number of hydrogen-bond acceptors (Lipinski definition) is 2. The van der Waals surface area contributed by atoms with E-state index in [0.29, 0.717) is 21.4 Å². The number of para-hydroxylation sites is 1. The molecule has 0 fully saturated rings. The second-order valence-electron chi connectivity index (χ2n) is 4.88. The zero-order valence-corrected chi connectivity index (χ0v) is 13.0. The van der Waals surface area contributed by atoms with Crippen molar-refractivity contribution in [3.05, 3.63) is 106 Å². The van der Waals surface area contributed by atoms with Gasteiger partial charge in [-0.05, 0) is 48.5 Å². The van der Waals surface area contributed by atoms with Gasteiger partial charge in [-0.2, -0.15) is 0 Å². The molecular weight excluding hydrogens is 310 g/mol. The molecular formula is C19H14ClNO2. The largest absolute Gasteiger partial charge is 0.367 e. The Hall–Kier alpha value is -2.78. The van der Waals surface area contributed by atoms with Crippen LogP contribution in [0.3, 0.4) is 0 Å². The summed E-state index contributed by atoms with van der Waals surface area (Å²) in [6.07, 6.45) is 0. The minimum absolute atomic E-state index is 0.422. The SMILES string of the molecule is [O-][N+](Oc1ccccc1)=C(c1ccccc1)c1ccc(Cl)cc1. The van der Waals surface area contributed by atoms with E-state index in [-0.39, 0.29) is 0 Å². The molecule has 0 heterocycles. The summed E-state index contributed by atoms with van der Waals surface area (Å²) in [5.41, 5.74) is 1.92. The van der Waals surface area contributed by atoms with Gasteiger partial charge < -0.3 is 4.84 Å². The summed E-state index contributed by atoms with van der Waals surface area (Å²) in [4.78, 5) is 5.96. The van der Waals surface area contributed by atoms with E-state index in [1.54, 1.807) is 36.4 Å². The van der Waals surface area contributed by atoms with Crippen LogP contribution in [-0.4, -0.2) is 10.6 Å². The number of halogens is 1. The van der Waals surface area contributed by atoms with Gasteiger partial charge >= 0.3 is 0 Å². The summed E-state index contributed by atoms with van der Waals surface area (Å²) in [6, 6.07) is 25.4. The molecule has 3 rings (SSSR count). The molecule has 0 saturated carbocycles. The molecule has 23 heavy (non-hydrogen) atoms. The fourth-order valence-electron chi connectivity index (χ4n) is 2.20. The van der Waals surface area contributed by atoms with Crippen LogP contribution in [0.1, 0.15) is 11.1 Å². The van der Waals surface area contributed by atoms with E-state index in [2.05, 4.69) is 0 Å². The predicted octanol–water partition coefficient (Wildman–Crippen LogP) is 4.68. The van der Waals surface area contributed by atoms with Gasteiger partial charge in [0, 0.05) is 5.02 Å². The first-order valence-corrected chi connectivity index (χ1v) is 7.50. The number of rotatable bonds is 4. The molecule has 0 unspecified atom stereocenters. The average Bonchev–Trinajstić information content (AvgIpc) is 2.59. The first-order valence-electron chi connectivity index (χ1n) is 7.12. The molecule has 0 aliphatic heterocycles. The summed E-state index contributed by atoms with van der Waals surface area (Å²) >= 11 is 5.94. The molecule has 4 heteroatoms. The third-order valence-corrected chi connectivity index (χ3v) is 3.53. The van der Waals surface area contributed by atoms with Gasteiger partial charge in [-0.15, -0.1) is 0 Å². The Bertz CT molecular complexity index is 800. The lowest BCUT2D eigenvalue weighted by Crippen LogP contribution is -2.21. The molecule has 0 bridgehead atoms. The van der Waals surface area contributed by atoms with Gasteiger partial charge in [0.05, 0.1) is 21.8 Å². The first-order chi connectivity index (χ1) is 11.2. The molecule has 0 aromatic heterocycles. The highest BCUT2D eigenvalue weighted by Gasteiger charge is 2.18. The van der Waals surface area contributed by atoms with Crippen LogP contribution in [0.25, 0.3) is 0 Å². The highest BCUT2D eigenvalue weighted by Crippen LogP contribution is 2.16. The Morgan fingerprint density at radius 2 is 1.26 bits per heavy atom. The third kappa shape index (κ3) is 3.71. The van der Waals surface area contributed by atoms with Gasteiger partial charge in [0.15, 0.2) is 0 Å². The molecule has 3 aromatic carbocycles. The lowest BCUT2D eigenvalue weighted by molar-refractivity contribution is -0.693. The molecule has 0 amide bonds. The second-order valence-corrected chi connectivity index (χ2v) is 5.32. The van der Waals surface area contributed by atoms with Crippen molar-refractivity contribution in [3.63, 3.8) is 0 Å². The Morgan fingerprint density at radius 3 is 1.87 bits per heavy atom. The molecule has 114 valence electrons. The van der Waals surface area contributed by atoms with E-state index >= 15 is 0 Å². The fraction of sp³-hybridized carbons (Fsp3) is 0. The second kappa shape index (κ2) is 6.99. The maximum atomic E-state index is 12.6. The summed E-state index contributed by atoms with van der Waals surface area (Å²) in [5, 5.41) is 13.2. The zero-order chi connectivity index (χ0) is 16.1. The van der Waals surface area contributed by atoms with Crippen LogP contribution >= 0.6 is 11.6 Å². The van der Waals surface area contributed by atoms with E-state index in [0.717, 1.165) is 11.1 Å². The van der Waals surface area contributed by atoms with Crippen LogP contribution in [0.5, 0.6) is 5.75 Å². The average molecular weight is 324 g/mol. The molecule has 0 aliphatic carbocycles. The van der Waals surface area contributed by atoms with Gasteiger partial charge in [-0.3, -0.25) is 5.21 Å². The standard InChI is InChI=1S/C19H14ClNO2/c20-17-13-11-16(12-14-17)19(15-7-3-1-4-8-15)21(22)23-18-9-5-2-6-10-18/h1-14H. The van der Waals surface area contributed by atoms with E-state index in [1.807, 2.05) is 48.5 Å². The lowest BCUT2D eigenvalue weighted by Gasteiger charge is -2.10. The monoisotopic (exact) mass is 323 g/mol. The van der Waals surface area contributed by atoms with Crippen molar-refractivity contribution in [2.75, 3.05) is 0 Å². The molecule has 0 radical (unpaired) electrons. The maximum absolute atomic E-state index is 12.6. The van der Waals surface area contributed by atoms with Crippen molar-refractivity contribution in [1.29, 1.82) is 0 Å². The molecule has 0 aliphatic rings. The van der Waals surface area contributed by atoms with Crippen molar-refractivity contribution in [1.82, 2.24) is 0 Å². The van der Waals surface area contributed by atoms with E-state index < -0.39 is 0 Å². The third-order valence-electron chi connectivity index (χ3n) is 3.28. The van der Waals surface area contributed by atoms with Crippen LogP contribution in [-0.2, 0) is 0 Å². The predicted molar refractivity (Wildman–Crippen MR) is 91.8 cm³/mol. The maximum Gasteiger partial charge on any atom is 0.282 e. The molecule has 0 saturated heterocycles. The quantitative estimate of drug-likeness (QED) is 0.397. The lowest BCUT2D eigenvalue weighted by atomic mass is 10.0. The van der Waals surface area contributed by atoms with Crippen LogP contribution in [0.2, 0.25) is 5.02 Å². The Labute approximate surface area is 139 Å². The zero-order valence-electron chi connectivity index (χ0n) is 12.2. The minimum atomic E-state index is 0.422. The van der Waals surface area contributed by atoms with E-state index in [1.165, 1.54) is 0 Å². The Morgan fingerprint density at radius 1 is 0.739 bits per heavy atom. The summed E-state index contributed by atoms with van der Waals surface area (Å²) in [5.74, 6) is 0.477. The van der Waals surface area contributed by atoms with Crippen molar-refractivity contribution < 1.29 is 9.74 Å². The van der Waals surface area contributed by atoms with Crippen LogP contribution in [0.15, 0.2) is 84.9 Å². The molecule has 0 N–H and O–H groups in total. The van der Waals surface area contributed by atoms with Gasteiger partial charge in [0.2, 0.25) is 0 Å². The van der Waals surface area contributed by atoms with E-state index in [4.69, 9.17) is 16.4 Å². The smallest absolute Gasteiger partial charge is 0.282 e. The highest BCUT2D eigenvalue weighted by atomic mass is 35.5. The summed E-state index contributed by atoms with van der Waals surface area (Å²) < 4.78 is 0. The molecule has 3 nitrogen and oxygen atoms in total. The van der Waals surface area contributed by atoms with Crippen LogP contribution < -0.4 is 4.84 Å². The minimum Gasteiger partial charge on any atom is -0.367 e. The Kier molecular flexibility index (Phi) is 4.60. The van der Waals surface area contributed by atoms with Gasteiger partial charge in [0.1, 0.15) is 0 Å². The number of hydrogen-bond donors (Lipinski definition) is 0. The highest BCUT2D eigenvalue weighted by molar-refractivity contribution is 6.30. The van der Waals surface area contributed by atoms with Crippen molar-refractivity contribution >= 4 is 17.3 Å².